The minimum atomic E-state index is -0.360. The number of carbonyl (C=O) groups excluding carboxylic acids is 1. The van der Waals surface area contributed by atoms with Gasteiger partial charge in [-0.25, -0.2) is 4.79 Å². The van der Waals surface area contributed by atoms with Crippen LogP contribution in [0.25, 0.3) is 11.3 Å². The van der Waals surface area contributed by atoms with E-state index in [-0.39, 0.29) is 5.97 Å². The van der Waals surface area contributed by atoms with Crippen molar-refractivity contribution in [1.82, 2.24) is 20.1 Å². The second-order valence-corrected chi connectivity index (χ2v) is 5.13. The van der Waals surface area contributed by atoms with Crippen molar-refractivity contribution in [2.45, 2.75) is 12.8 Å². The number of hydrogen-bond acceptors (Lipinski definition) is 5. The maximum atomic E-state index is 12.1. The van der Waals surface area contributed by atoms with Crippen molar-refractivity contribution in [2.24, 2.45) is 7.05 Å². The first-order valence-corrected chi connectivity index (χ1v) is 7.00. The monoisotopic (exact) mass is 286 g/mol. The van der Waals surface area contributed by atoms with Gasteiger partial charge in [-0.2, -0.15) is 5.10 Å². The third kappa shape index (κ3) is 2.67. The van der Waals surface area contributed by atoms with Crippen LogP contribution in [0.15, 0.2) is 18.5 Å². The number of hydrogen-bond donors (Lipinski definition) is 1. The first-order valence-electron chi connectivity index (χ1n) is 7.00. The molecule has 0 aromatic carbocycles. The van der Waals surface area contributed by atoms with Crippen LogP contribution in [0.4, 0.5) is 0 Å². The van der Waals surface area contributed by atoms with Gasteiger partial charge in [0.2, 0.25) is 0 Å². The zero-order valence-corrected chi connectivity index (χ0v) is 12.2. The molecule has 0 fully saturated rings. The molecule has 0 bridgehead atoms. The average molecular weight is 286 g/mol. The topological polar surface area (TPSA) is 69.0 Å². The molecule has 21 heavy (non-hydrogen) atoms. The highest BCUT2D eigenvalue weighted by Gasteiger charge is 2.20. The Morgan fingerprint density at radius 2 is 2.19 bits per heavy atom. The van der Waals surface area contributed by atoms with Gasteiger partial charge in [-0.05, 0) is 24.6 Å². The molecule has 0 amide bonds. The number of methoxy groups -OCH3 is 1. The molecule has 2 aromatic heterocycles. The zero-order valence-electron chi connectivity index (χ0n) is 12.2. The van der Waals surface area contributed by atoms with Crippen molar-refractivity contribution in [2.75, 3.05) is 20.2 Å². The molecule has 110 valence electrons. The van der Waals surface area contributed by atoms with Gasteiger partial charge in [-0.15, -0.1) is 0 Å². The number of carbonyl (C=O) groups is 1. The number of esters is 1. The highest BCUT2D eigenvalue weighted by Crippen LogP contribution is 2.25. The van der Waals surface area contributed by atoms with E-state index in [2.05, 4.69) is 10.4 Å². The quantitative estimate of drug-likeness (QED) is 0.833. The molecule has 3 heterocycles. The Morgan fingerprint density at radius 1 is 1.38 bits per heavy atom. The van der Waals surface area contributed by atoms with Crippen LogP contribution in [-0.4, -0.2) is 40.9 Å². The van der Waals surface area contributed by atoms with Gasteiger partial charge in [0.25, 0.3) is 0 Å². The summed E-state index contributed by atoms with van der Waals surface area (Å²) in [5.74, 6) is -0.360. The van der Waals surface area contributed by atoms with E-state index < -0.39 is 0 Å². The van der Waals surface area contributed by atoms with E-state index in [0.29, 0.717) is 11.3 Å². The highest BCUT2D eigenvalue weighted by atomic mass is 16.5. The minimum Gasteiger partial charge on any atom is -0.465 e. The summed E-state index contributed by atoms with van der Waals surface area (Å²) in [6, 6.07) is 1.92. The summed E-state index contributed by atoms with van der Waals surface area (Å²) in [5, 5.41) is 7.51. The van der Waals surface area contributed by atoms with Crippen LogP contribution >= 0.6 is 0 Å². The zero-order chi connectivity index (χ0) is 14.8. The van der Waals surface area contributed by atoms with Gasteiger partial charge in [0, 0.05) is 37.5 Å². The predicted octanol–water partition coefficient (Wildman–Crippen LogP) is 0.957. The third-order valence-electron chi connectivity index (χ3n) is 3.68. The second kappa shape index (κ2) is 5.65. The van der Waals surface area contributed by atoms with Gasteiger partial charge < -0.3 is 10.1 Å². The molecule has 0 spiro atoms. The van der Waals surface area contributed by atoms with Crippen molar-refractivity contribution in [3.8, 4) is 11.3 Å². The normalized spacial score (nSPS) is 14.4. The second-order valence-electron chi connectivity index (χ2n) is 5.13. The average Bonchev–Trinajstić information content (AvgIpc) is 2.79. The maximum absolute atomic E-state index is 12.1. The van der Waals surface area contributed by atoms with E-state index >= 15 is 0 Å². The van der Waals surface area contributed by atoms with Gasteiger partial charge in [-0.1, -0.05) is 0 Å². The Balaban J connectivity index is 2.16. The van der Waals surface area contributed by atoms with Crippen molar-refractivity contribution in [3.05, 3.63) is 35.3 Å². The van der Waals surface area contributed by atoms with Crippen LogP contribution < -0.4 is 5.32 Å². The lowest BCUT2D eigenvalue weighted by Gasteiger charge is -2.11. The number of aryl methyl sites for hydroxylation is 1. The molecule has 0 radical (unpaired) electrons. The summed E-state index contributed by atoms with van der Waals surface area (Å²) >= 11 is 0. The first-order chi connectivity index (χ1) is 10.2. The first kappa shape index (κ1) is 13.8. The standard InChI is InChI=1S/C15H18N4O2/c1-19-9-11(8-17-19)14-12(15(20)21-2)7-10-3-5-16-6-4-13(10)18-14/h7-9,16H,3-6H2,1-2H3. The van der Waals surface area contributed by atoms with Crippen molar-refractivity contribution < 1.29 is 9.53 Å². The van der Waals surface area contributed by atoms with Crippen LogP contribution in [0.3, 0.4) is 0 Å². The highest BCUT2D eigenvalue weighted by molar-refractivity contribution is 5.96. The van der Waals surface area contributed by atoms with Crippen molar-refractivity contribution in [3.63, 3.8) is 0 Å². The number of ether oxygens (including phenoxy) is 1. The van der Waals surface area contributed by atoms with E-state index in [0.717, 1.165) is 42.8 Å². The SMILES string of the molecule is COC(=O)c1cc2c(nc1-c1cnn(C)c1)CCNCC2. The predicted molar refractivity (Wildman–Crippen MR) is 78.1 cm³/mol. The molecule has 0 saturated heterocycles. The number of fused-ring (bicyclic) bond motifs is 1. The molecule has 0 saturated carbocycles. The van der Waals surface area contributed by atoms with Gasteiger partial charge >= 0.3 is 5.97 Å². The fourth-order valence-electron chi connectivity index (χ4n) is 2.61. The minimum absolute atomic E-state index is 0.360. The van der Waals surface area contributed by atoms with Crippen LogP contribution in [0, 0.1) is 0 Å². The van der Waals surface area contributed by atoms with Crippen molar-refractivity contribution in [1.29, 1.82) is 0 Å². The summed E-state index contributed by atoms with van der Waals surface area (Å²) < 4.78 is 6.61. The van der Waals surface area contributed by atoms with E-state index in [1.165, 1.54) is 7.11 Å². The lowest BCUT2D eigenvalue weighted by Crippen LogP contribution is -2.16. The molecular weight excluding hydrogens is 268 g/mol. The molecule has 0 atom stereocenters. The van der Waals surface area contributed by atoms with Gasteiger partial charge in [-0.3, -0.25) is 9.67 Å². The number of nitrogens with zero attached hydrogens (tertiary/aromatic N) is 3. The number of nitrogens with one attached hydrogen (secondary N) is 1. The number of rotatable bonds is 2. The van der Waals surface area contributed by atoms with Crippen LogP contribution in [-0.2, 0) is 24.6 Å². The largest absolute Gasteiger partial charge is 0.465 e. The van der Waals surface area contributed by atoms with E-state index in [1.54, 1.807) is 10.9 Å². The number of aromatic nitrogens is 3. The lowest BCUT2D eigenvalue weighted by atomic mass is 10.0. The van der Waals surface area contributed by atoms with E-state index in [1.807, 2.05) is 19.3 Å². The Hall–Kier alpha value is -2.21. The molecule has 0 unspecified atom stereocenters. The molecule has 6 heteroatoms. The van der Waals surface area contributed by atoms with E-state index in [9.17, 15) is 4.79 Å². The van der Waals surface area contributed by atoms with Crippen LogP contribution in [0.5, 0.6) is 0 Å². The Bertz CT molecular complexity index is 678. The fourth-order valence-corrected chi connectivity index (χ4v) is 2.61. The Kier molecular flexibility index (Phi) is 3.70. The maximum Gasteiger partial charge on any atom is 0.340 e. The third-order valence-corrected chi connectivity index (χ3v) is 3.68. The molecule has 6 nitrogen and oxygen atoms in total. The summed E-state index contributed by atoms with van der Waals surface area (Å²) in [4.78, 5) is 16.8. The smallest absolute Gasteiger partial charge is 0.340 e. The summed E-state index contributed by atoms with van der Waals surface area (Å²) in [5.41, 5.74) is 4.15. The molecule has 0 aliphatic carbocycles. The molecular formula is C15H18N4O2. The molecule has 1 aliphatic rings. The number of pyridine rings is 1. The Morgan fingerprint density at radius 3 is 2.90 bits per heavy atom. The summed E-state index contributed by atoms with van der Waals surface area (Å²) in [6.07, 6.45) is 5.32. The Labute approximate surface area is 123 Å². The summed E-state index contributed by atoms with van der Waals surface area (Å²) in [7, 11) is 3.23. The molecule has 1 aliphatic heterocycles. The van der Waals surface area contributed by atoms with Crippen molar-refractivity contribution >= 4 is 5.97 Å². The van der Waals surface area contributed by atoms with Crippen LogP contribution in [0.1, 0.15) is 21.6 Å². The van der Waals surface area contributed by atoms with Crippen LogP contribution in [0.2, 0.25) is 0 Å². The van der Waals surface area contributed by atoms with Gasteiger partial charge in [0.1, 0.15) is 0 Å². The molecule has 3 rings (SSSR count). The van der Waals surface area contributed by atoms with Gasteiger partial charge in [0.05, 0.1) is 24.6 Å². The lowest BCUT2D eigenvalue weighted by molar-refractivity contribution is 0.0601. The fraction of sp³-hybridized carbons (Fsp3) is 0.400. The van der Waals surface area contributed by atoms with Gasteiger partial charge in [0.15, 0.2) is 0 Å². The molecule has 1 N–H and O–H groups in total. The van der Waals surface area contributed by atoms with E-state index in [4.69, 9.17) is 9.72 Å². The summed E-state index contributed by atoms with van der Waals surface area (Å²) in [6.45, 7) is 1.81. The molecule has 2 aromatic rings.